The molecule has 1 nitrogen and oxygen atoms in total. The number of halogens is 2. The van der Waals surface area contributed by atoms with Crippen molar-refractivity contribution in [3.05, 3.63) is 34.1 Å². The van der Waals surface area contributed by atoms with Crippen molar-refractivity contribution in [3.63, 3.8) is 0 Å². The van der Waals surface area contributed by atoms with Gasteiger partial charge in [0.05, 0.1) is 4.47 Å². The highest BCUT2D eigenvalue weighted by molar-refractivity contribution is 9.10. The van der Waals surface area contributed by atoms with Crippen molar-refractivity contribution in [3.8, 4) is 0 Å². The number of benzene rings is 1. The average molecular weight is 246 g/mol. The first-order valence-corrected chi connectivity index (χ1v) is 5.08. The van der Waals surface area contributed by atoms with E-state index in [0.29, 0.717) is 4.47 Å². The Labute approximate surface area is 86.3 Å². The summed E-state index contributed by atoms with van der Waals surface area (Å²) >= 11 is 3.15. The minimum Gasteiger partial charge on any atom is -0.328 e. The first-order valence-electron chi connectivity index (χ1n) is 4.29. The topological polar surface area (TPSA) is 26.0 Å². The Kier molecular flexibility index (Phi) is 3.88. The number of rotatable bonds is 3. The molecular weight excluding hydrogens is 233 g/mol. The molecule has 1 rings (SSSR count). The van der Waals surface area contributed by atoms with Gasteiger partial charge in [0, 0.05) is 6.04 Å². The molecule has 0 amide bonds. The molecule has 2 N–H and O–H groups in total. The van der Waals surface area contributed by atoms with Crippen molar-refractivity contribution >= 4 is 15.9 Å². The highest BCUT2D eigenvalue weighted by Gasteiger charge is 2.01. The molecule has 13 heavy (non-hydrogen) atoms. The van der Waals surface area contributed by atoms with Gasteiger partial charge in [0.15, 0.2) is 0 Å². The lowest BCUT2D eigenvalue weighted by atomic mass is 10.1. The Bertz CT molecular complexity index is 286. The van der Waals surface area contributed by atoms with Gasteiger partial charge in [-0.2, -0.15) is 0 Å². The molecule has 0 radical (unpaired) electrons. The van der Waals surface area contributed by atoms with E-state index >= 15 is 0 Å². The highest BCUT2D eigenvalue weighted by Crippen LogP contribution is 2.17. The Morgan fingerprint density at radius 3 is 2.77 bits per heavy atom. The second-order valence-corrected chi connectivity index (χ2v) is 4.12. The fraction of sp³-hybridized carbons (Fsp3) is 0.400. The van der Waals surface area contributed by atoms with Gasteiger partial charge in [-0.3, -0.25) is 0 Å². The fourth-order valence-corrected chi connectivity index (χ4v) is 1.52. The molecule has 1 aromatic rings. The van der Waals surface area contributed by atoms with Crippen LogP contribution in [0.1, 0.15) is 18.9 Å². The van der Waals surface area contributed by atoms with Crippen molar-refractivity contribution in [1.82, 2.24) is 0 Å². The molecule has 0 bridgehead atoms. The minimum absolute atomic E-state index is 0.198. The van der Waals surface area contributed by atoms with Gasteiger partial charge in [-0.05, 0) is 53.4 Å². The standard InChI is InChI=1S/C10H13BrFN/c1-7(13)2-3-8-4-5-10(12)9(11)6-8/h4-7H,2-3,13H2,1H3. The molecule has 0 aliphatic heterocycles. The molecule has 0 spiro atoms. The van der Waals surface area contributed by atoms with Crippen LogP contribution < -0.4 is 5.73 Å². The van der Waals surface area contributed by atoms with Crippen LogP contribution >= 0.6 is 15.9 Å². The first-order chi connectivity index (χ1) is 6.09. The van der Waals surface area contributed by atoms with Gasteiger partial charge < -0.3 is 5.73 Å². The van der Waals surface area contributed by atoms with E-state index in [2.05, 4.69) is 15.9 Å². The van der Waals surface area contributed by atoms with E-state index in [1.165, 1.54) is 6.07 Å². The van der Waals surface area contributed by atoms with E-state index < -0.39 is 0 Å². The molecule has 0 saturated heterocycles. The molecular formula is C10H13BrFN. The molecule has 1 unspecified atom stereocenters. The summed E-state index contributed by atoms with van der Waals surface area (Å²) in [6.45, 7) is 1.97. The van der Waals surface area contributed by atoms with Crippen molar-refractivity contribution in [2.24, 2.45) is 5.73 Å². The molecule has 0 heterocycles. The van der Waals surface area contributed by atoms with Gasteiger partial charge in [-0.25, -0.2) is 4.39 Å². The zero-order valence-electron chi connectivity index (χ0n) is 7.56. The van der Waals surface area contributed by atoms with Gasteiger partial charge in [0.25, 0.3) is 0 Å². The maximum absolute atomic E-state index is 12.8. The lowest BCUT2D eigenvalue weighted by Crippen LogP contribution is -2.15. The summed E-state index contributed by atoms with van der Waals surface area (Å²) in [5.74, 6) is -0.218. The largest absolute Gasteiger partial charge is 0.328 e. The van der Waals surface area contributed by atoms with Gasteiger partial charge in [0.2, 0.25) is 0 Å². The summed E-state index contributed by atoms with van der Waals surface area (Å²) in [5, 5.41) is 0. The smallest absolute Gasteiger partial charge is 0.137 e. The number of hydrogen-bond donors (Lipinski definition) is 1. The molecule has 0 aliphatic carbocycles. The van der Waals surface area contributed by atoms with E-state index in [9.17, 15) is 4.39 Å². The SMILES string of the molecule is CC(N)CCc1ccc(F)c(Br)c1. The zero-order valence-corrected chi connectivity index (χ0v) is 9.14. The number of hydrogen-bond acceptors (Lipinski definition) is 1. The van der Waals surface area contributed by atoms with Gasteiger partial charge >= 0.3 is 0 Å². The van der Waals surface area contributed by atoms with Gasteiger partial charge in [0.1, 0.15) is 5.82 Å². The Balaban J connectivity index is 2.63. The van der Waals surface area contributed by atoms with Crippen molar-refractivity contribution in [1.29, 1.82) is 0 Å². The molecule has 1 aromatic carbocycles. The second kappa shape index (κ2) is 4.72. The summed E-state index contributed by atoms with van der Waals surface area (Å²) in [6.07, 6.45) is 1.83. The molecule has 1 atom stereocenters. The summed E-state index contributed by atoms with van der Waals surface area (Å²) in [7, 11) is 0. The van der Waals surface area contributed by atoms with Crippen LogP contribution in [0.5, 0.6) is 0 Å². The third-order valence-electron chi connectivity index (χ3n) is 1.87. The summed E-state index contributed by atoms with van der Waals surface area (Å²) in [5.41, 5.74) is 6.74. The summed E-state index contributed by atoms with van der Waals surface area (Å²) in [4.78, 5) is 0. The molecule has 0 aromatic heterocycles. The van der Waals surface area contributed by atoms with Crippen molar-refractivity contribution in [2.45, 2.75) is 25.8 Å². The molecule has 3 heteroatoms. The maximum atomic E-state index is 12.8. The summed E-state index contributed by atoms with van der Waals surface area (Å²) < 4.78 is 13.3. The number of nitrogens with two attached hydrogens (primary N) is 1. The van der Waals surface area contributed by atoms with Crippen LogP contribution in [0.3, 0.4) is 0 Å². The second-order valence-electron chi connectivity index (χ2n) is 3.26. The third-order valence-corrected chi connectivity index (χ3v) is 2.48. The highest BCUT2D eigenvalue weighted by atomic mass is 79.9. The van der Waals surface area contributed by atoms with Crippen molar-refractivity contribution in [2.75, 3.05) is 0 Å². The molecule has 0 fully saturated rings. The van der Waals surface area contributed by atoms with E-state index in [4.69, 9.17) is 5.73 Å². The zero-order chi connectivity index (χ0) is 9.84. The van der Waals surface area contributed by atoms with Gasteiger partial charge in [-0.15, -0.1) is 0 Å². The van der Waals surface area contributed by atoms with Crippen LogP contribution in [-0.4, -0.2) is 6.04 Å². The van der Waals surface area contributed by atoms with Gasteiger partial charge in [-0.1, -0.05) is 6.07 Å². The van der Waals surface area contributed by atoms with Crippen LogP contribution in [0.4, 0.5) is 4.39 Å². The molecule has 72 valence electrons. The average Bonchev–Trinajstić information content (AvgIpc) is 2.07. The number of aryl methyl sites for hydroxylation is 1. The van der Waals surface area contributed by atoms with Crippen LogP contribution in [0.25, 0.3) is 0 Å². The lowest BCUT2D eigenvalue weighted by molar-refractivity contribution is 0.618. The monoisotopic (exact) mass is 245 g/mol. The van der Waals surface area contributed by atoms with E-state index in [1.54, 1.807) is 12.1 Å². The molecule has 0 aliphatic rings. The summed E-state index contributed by atoms with van der Waals surface area (Å²) in [6, 6.07) is 5.27. The third kappa shape index (κ3) is 3.44. The minimum atomic E-state index is -0.218. The maximum Gasteiger partial charge on any atom is 0.137 e. The fourth-order valence-electron chi connectivity index (χ4n) is 1.09. The van der Waals surface area contributed by atoms with Crippen LogP contribution in [0, 0.1) is 5.82 Å². The van der Waals surface area contributed by atoms with E-state index in [0.717, 1.165) is 18.4 Å². The predicted molar refractivity (Wildman–Crippen MR) is 56.1 cm³/mol. The normalized spacial score (nSPS) is 12.9. The Morgan fingerprint density at radius 1 is 1.54 bits per heavy atom. The lowest BCUT2D eigenvalue weighted by Gasteiger charge is -2.05. The van der Waals surface area contributed by atoms with Crippen LogP contribution in [-0.2, 0) is 6.42 Å². The van der Waals surface area contributed by atoms with E-state index in [1.807, 2.05) is 6.92 Å². The van der Waals surface area contributed by atoms with Crippen LogP contribution in [0.15, 0.2) is 22.7 Å². The Hall–Kier alpha value is -0.410. The molecule has 0 saturated carbocycles. The van der Waals surface area contributed by atoms with Crippen LogP contribution in [0.2, 0.25) is 0 Å². The predicted octanol–water partition coefficient (Wildman–Crippen LogP) is 2.87. The quantitative estimate of drug-likeness (QED) is 0.871. The first kappa shape index (κ1) is 10.7. The van der Waals surface area contributed by atoms with Crippen molar-refractivity contribution < 1.29 is 4.39 Å². The Morgan fingerprint density at radius 2 is 2.23 bits per heavy atom. The van der Waals surface area contributed by atoms with E-state index in [-0.39, 0.29) is 11.9 Å².